The minimum Gasteiger partial charge on any atom is -0.494 e. The molecule has 1 aromatic rings. The summed E-state index contributed by atoms with van der Waals surface area (Å²) in [7, 11) is 2.41. The molecule has 0 saturated heterocycles. The molecular formula is C19H20N2O6. The average molecular weight is 372 g/mol. The first kappa shape index (κ1) is 19.8. The van der Waals surface area contributed by atoms with E-state index >= 15 is 0 Å². The minimum atomic E-state index is -0.904. The van der Waals surface area contributed by atoms with Crippen molar-refractivity contribution in [1.29, 1.82) is 5.26 Å². The lowest BCUT2D eigenvalue weighted by molar-refractivity contribution is -0.140. The maximum absolute atomic E-state index is 12.5. The highest BCUT2D eigenvalue weighted by Gasteiger charge is 2.39. The van der Waals surface area contributed by atoms with Crippen molar-refractivity contribution in [2.45, 2.75) is 19.3 Å². The van der Waals surface area contributed by atoms with Crippen molar-refractivity contribution in [1.82, 2.24) is 0 Å². The second-order valence-electron chi connectivity index (χ2n) is 5.48. The zero-order valence-electron chi connectivity index (χ0n) is 15.3. The third-order valence-corrected chi connectivity index (χ3v) is 3.96. The van der Waals surface area contributed by atoms with E-state index in [1.807, 2.05) is 13.0 Å². The molecular weight excluding hydrogens is 352 g/mol. The number of allylic oxidation sites excluding steroid dienone is 1. The van der Waals surface area contributed by atoms with Gasteiger partial charge < -0.3 is 24.7 Å². The molecule has 1 aliphatic rings. The van der Waals surface area contributed by atoms with E-state index in [0.29, 0.717) is 17.9 Å². The van der Waals surface area contributed by atoms with E-state index in [1.165, 1.54) is 14.2 Å². The second kappa shape index (κ2) is 8.76. The van der Waals surface area contributed by atoms with Crippen molar-refractivity contribution >= 4 is 11.9 Å². The molecule has 0 bridgehead atoms. The lowest BCUT2D eigenvalue weighted by Gasteiger charge is -2.28. The number of benzene rings is 1. The number of rotatable bonds is 6. The van der Waals surface area contributed by atoms with Gasteiger partial charge in [0.25, 0.3) is 0 Å². The summed E-state index contributed by atoms with van der Waals surface area (Å²) in [5.74, 6) is -2.02. The van der Waals surface area contributed by atoms with Gasteiger partial charge in [-0.1, -0.05) is 18.2 Å². The number of carbonyl (C=O) groups excluding carboxylic acids is 2. The molecule has 0 aliphatic carbocycles. The van der Waals surface area contributed by atoms with Gasteiger partial charge in [0.2, 0.25) is 5.88 Å². The molecule has 0 aromatic heterocycles. The van der Waals surface area contributed by atoms with Gasteiger partial charge >= 0.3 is 11.9 Å². The van der Waals surface area contributed by atoms with Crippen LogP contribution in [0.15, 0.2) is 47.1 Å². The first-order valence-corrected chi connectivity index (χ1v) is 8.15. The van der Waals surface area contributed by atoms with Crippen LogP contribution in [0, 0.1) is 11.3 Å². The molecule has 0 amide bonds. The molecule has 0 saturated carbocycles. The predicted molar refractivity (Wildman–Crippen MR) is 93.9 cm³/mol. The quantitative estimate of drug-likeness (QED) is 0.751. The van der Waals surface area contributed by atoms with Gasteiger partial charge in [0.15, 0.2) is 0 Å². The van der Waals surface area contributed by atoms with Crippen molar-refractivity contribution in [2.24, 2.45) is 5.73 Å². The van der Waals surface area contributed by atoms with Crippen molar-refractivity contribution in [3.05, 3.63) is 52.6 Å². The van der Waals surface area contributed by atoms with Gasteiger partial charge in [-0.15, -0.1) is 0 Å². The van der Waals surface area contributed by atoms with Crippen LogP contribution in [-0.2, 0) is 23.8 Å². The second-order valence-corrected chi connectivity index (χ2v) is 5.48. The van der Waals surface area contributed by atoms with Crippen LogP contribution in [0.5, 0.6) is 5.75 Å². The van der Waals surface area contributed by atoms with Crippen molar-refractivity contribution in [2.75, 3.05) is 20.8 Å². The topological polar surface area (TPSA) is 121 Å². The standard InChI is InChI=1S/C19H20N2O6/c1-4-26-13-8-6-5-7-11(13)16-12(10-20)18(21)27-14(9-15(22)24-2)17(16)19(23)25-3/h5-8,16H,4,9,21H2,1-3H3/t16-/m1/s1. The summed E-state index contributed by atoms with van der Waals surface area (Å²) in [6.07, 6.45) is -0.340. The Labute approximate surface area is 156 Å². The number of methoxy groups -OCH3 is 2. The molecule has 0 spiro atoms. The van der Waals surface area contributed by atoms with E-state index in [0.717, 1.165) is 0 Å². The lowest BCUT2D eigenvalue weighted by Crippen LogP contribution is -2.27. The number of para-hydroxylation sites is 1. The Kier molecular flexibility index (Phi) is 6.44. The van der Waals surface area contributed by atoms with Gasteiger partial charge in [-0.05, 0) is 13.0 Å². The molecule has 1 heterocycles. The zero-order chi connectivity index (χ0) is 20.0. The Balaban J connectivity index is 2.73. The Bertz CT molecular complexity index is 850. The average Bonchev–Trinajstić information content (AvgIpc) is 2.67. The highest BCUT2D eigenvalue weighted by atomic mass is 16.5. The maximum atomic E-state index is 12.5. The van der Waals surface area contributed by atoms with Gasteiger partial charge in [0, 0.05) is 5.56 Å². The van der Waals surface area contributed by atoms with E-state index in [-0.39, 0.29) is 29.2 Å². The number of nitrogens with zero attached hydrogens (tertiary/aromatic N) is 1. The Hall–Kier alpha value is -3.47. The number of carbonyl (C=O) groups is 2. The number of hydrogen-bond acceptors (Lipinski definition) is 8. The van der Waals surface area contributed by atoms with Gasteiger partial charge in [0.05, 0.1) is 32.3 Å². The van der Waals surface area contributed by atoms with E-state index in [1.54, 1.807) is 24.3 Å². The Morgan fingerprint density at radius 2 is 1.96 bits per heavy atom. The number of nitriles is 1. The van der Waals surface area contributed by atoms with Crippen LogP contribution in [0.4, 0.5) is 0 Å². The molecule has 2 rings (SSSR count). The summed E-state index contributed by atoms with van der Waals surface area (Å²) in [5.41, 5.74) is 6.47. The maximum Gasteiger partial charge on any atom is 0.338 e. The zero-order valence-corrected chi connectivity index (χ0v) is 15.3. The van der Waals surface area contributed by atoms with E-state index < -0.39 is 17.9 Å². The first-order valence-electron chi connectivity index (χ1n) is 8.15. The SMILES string of the molecule is CCOc1ccccc1[C@@H]1C(C#N)=C(N)OC(CC(=O)OC)=C1C(=O)OC. The fraction of sp³-hybridized carbons (Fsp3) is 0.316. The Morgan fingerprint density at radius 3 is 2.56 bits per heavy atom. The van der Waals surface area contributed by atoms with Crippen LogP contribution in [0.25, 0.3) is 0 Å². The summed E-state index contributed by atoms with van der Waals surface area (Å²) < 4.78 is 20.6. The minimum absolute atomic E-state index is 0.000744. The third-order valence-electron chi connectivity index (χ3n) is 3.96. The van der Waals surface area contributed by atoms with Crippen molar-refractivity contribution < 1.29 is 28.5 Å². The summed E-state index contributed by atoms with van der Waals surface area (Å²) in [4.78, 5) is 24.3. The van der Waals surface area contributed by atoms with E-state index in [9.17, 15) is 14.9 Å². The van der Waals surface area contributed by atoms with Crippen LogP contribution < -0.4 is 10.5 Å². The lowest BCUT2D eigenvalue weighted by atomic mass is 9.82. The highest BCUT2D eigenvalue weighted by molar-refractivity contribution is 5.93. The summed E-state index contributed by atoms with van der Waals surface area (Å²) in [6, 6.07) is 8.92. The summed E-state index contributed by atoms with van der Waals surface area (Å²) in [5, 5.41) is 9.63. The van der Waals surface area contributed by atoms with Gasteiger partial charge in [0.1, 0.15) is 29.6 Å². The monoisotopic (exact) mass is 372 g/mol. The highest BCUT2D eigenvalue weighted by Crippen LogP contribution is 2.43. The molecule has 142 valence electrons. The molecule has 8 nitrogen and oxygen atoms in total. The fourth-order valence-electron chi connectivity index (χ4n) is 2.80. The largest absolute Gasteiger partial charge is 0.494 e. The predicted octanol–water partition coefficient (Wildman–Crippen LogP) is 1.88. The van der Waals surface area contributed by atoms with Crippen LogP contribution in [0.3, 0.4) is 0 Å². The molecule has 2 N–H and O–H groups in total. The van der Waals surface area contributed by atoms with Crippen LogP contribution >= 0.6 is 0 Å². The van der Waals surface area contributed by atoms with Crippen LogP contribution in [-0.4, -0.2) is 32.8 Å². The molecule has 1 aromatic carbocycles. The van der Waals surface area contributed by atoms with Crippen LogP contribution in [0.2, 0.25) is 0 Å². The van der Waals surface area contributed by atoms with Gasteiger partial charge in [-0.2, -0.15) is 5.26 Å². The third kappa shape index (κ3) is 4.03. The van der Waals surface area contributed by atoms with Crippen molar-refractivity contribution in [3.8, 4) is 11.8 Å². The van der Waals surface area contributed by atoms with E-state index in [2.05, 4.69) is 4.74 Å². The molecule has 0 radical (unpaired) electrons. The fourth-order valence-corrected chi connectivity index (χ4v) is 2.80. The number of hydrogen-bond donors (Lipinski definition) is 1. The molecule has 1 aliphatic heterocycles. The molecule has 8 heteroatoms. The molecule has 0 unspecified atom stereocenters. The first-order chi connectivity index (χ1) is 13.0. The number of esters is 2. The Morgan fingerprint density at radius 1 is 1.26 bits per heavy atom. The summed E-state index contributed by atoms with van der Waals surface area (Å²) in [6.45, 7) is 2.20. The number of nitrogens with two attached hydrogens (primary N) is 1. The number of ether oxygens (including phenoxy) is 4. The summed E-state index contributed by atoms with van der Waals surface area (Å²) >= 11 is 0. The molecule has 27 heavy (non-hydrogen) atoms. The molecule has 1 atom stereocenters. The smallest absolute Gasteiger partial charge is 0.338 e. The van der Waals surface area contributed by atoms with E-state index in [4.69, 9.17) is 19.9 Å². The van der Waals surface area contributed by atoms with Crippen molar-refractivity contribution in [3.63, 3.8) is 0 Å². The normalized spacial score (nSPS) is 16.3. The van der Waals surface area contributed by atoms with Gasteiger partial charge in [-0.25, -0.2) is 4.79 Å². The molecule has 0 fully saturated rings. The van der Waals surface area contributed by atoms with Crippen LogP contribution in [0.1, 0.15) is 24.8 Å². The van der Waals surface area contributed by atoms with Gasteiger partial charge in [-0.3, -0.25) is 4.79 Å².